The summed E-state index contributed by atoms with van der Waals surface area (Å²) in [5.41, 5.74) is 0. The highest BCUT2D eigenvalue weighted by Crippen LogP contribution is 2.10. The minimum Gasteiger partial charge on any atom is -0.356 e. The van der Waals surface area contributed by atoms with Crippen LogP contribution in [-0.4, -0.2) is 71.3 Å². The van der Waals surface area contributed by atoms with Crippen LogP contribution in [-0.2, 0) is 10.0 Å². The van der Waals surface area contributed by atoms with Gasteiger partial charge in [-0.25, -0.2) is 13.1 Å². The smallest absolute Gasteiger partial charge is 0.208 e. The van der Waals surface area contributed by atoms with Crippen LogP contribution in [0.15, 0.2) is 4.99 Å². The first-order chi connectivity index (χ1) is 10.4. The highest BCUT2D eigenvalue weighted by molar-refractivity contribution is 14.0. The first-order valence-electron chi connectivity index (χ1n) is 8.08. The molecule has 138 valence electrons. The van der Waals surface area contributed by atoms with Crippen molar-refractivity contribution in [1.82, 2.24) is 20.3 Å². The van der Waals surface area contributed by atoms with E-state index in [4.69, 9.17) is 0 Å². The van der Waals surface area contributed by atoms with Crippen LogP contribution in [0.3, 0.4) is 0 Å². The average Bonchev–Trinajstić information content (AvgIpc) is 2.46. The molecule has 0 aromatic rings. The number of piperidine rings is 1. The minimum atomic E-state index is -3.09. The number of hydrogen-bond acceptors (Lipinski definition) is 4. The van der Waals surface area contributed by atoms with E-state index in [1.54, 1.807) is 7.05 Å². The Morgan fingerprint density at radius 1 is 1.26 bits per heavy atom. The van der Waals surface area contributed by atoms with Crippen LogP contribution in [0.2, 0.25) is 0 Å². The van der Waals surface area contributed by atoms with Crippen LogP contribution in [0.5, 0.6) is 0 Å². The van der Waals surface area contributed by atoms with Gasteiger partial charge in [0.2, 0.25) is 10.0 Å². The average molecular weight is 461 g/mol. The molecule has 0 aliphatic carbocycles. The van der Waals surface area contributed by atoms with E-state index in [0.29, 0.717) is 19.1 Å². The molecule has 0 unspecified atom stereocenters. The highest BCUT2D eigenvalue weighted by Gasteiger charge is 2.19. The molecular weight excluding hydrogens is 429 g/mol. The van der Waals surface area contributed by atoms with E-state index in [1.165, 1.54) is 19.2 Å². The molecule has 3 N–H and O–H groups in total. The molecule has 0 atom stereocenters. The fourth-order valence-electron chi connectivity index (χ4n) is 2.56. The molecule has 0 spiro atoms. The lowest BCUT2D eigenvalue weighted by atomic mass is 10.1. The van der Waals surface area contributed by atoms with Gasteiger partial charge in [0, 0.05) is 39.3 Å². The van der Waals surface area contributed by atoms with Crippen molar-refractivity contribution in [3.63, 3.8) is 0 Å². The molecule has 1 heterocycles. The molecule has 0 aromatic heterocycles. The van der Waals surface area contributed by atoms with Crippen molar-refractivity contribution < 1.29 is 8.42 Å². The van der Waals surface area contributed by atoms with Gasteiger partial charge in [-0.1, -0.05) is 6.92 Å². The second-order valence-corrected chi connectivity index (χ2v) is 7.61. The normalized spacial score (nSPS) is 17.6. The summed E-state index contributed by atoms with van der Waals surface area (Å²) in [5.74, 6) is 0.799. The van der Waals surface area contributed by atoms with Crippen molar-refractivity contribution in [3.05, 3.63) is 0 Å². The molecule has 1 rings (SSSR count). The Labute approximate surface area is 158 Å². The zero-order chi connectivity index (χ0) is 16.4. The summed E-state index contributed by atoms with van der Waals surface area (Å²) in [6.07, 6.45) is 5.38. The first-order valence-corrected chi connectivity index (χ1v) is 9.98. The monoisotopic (exact) mass is 461 g/mol. The lowest BCUT2D eigenvalue weighted by molar-refractivity contribution is 0.206. The molecule has 0 amide bonds. The van der Waals surface area contributed by atoms with Gasteiger partial charge in [0.1, 0.15) is 0 Å². The molecule has 0 saturated carbocycles. The van der Waals surface area contributed by atoms with E-state index >= 15 is 0 Å². The van der Waals surface area contributed by atoms with Crippen LogP contribution < -0.4 is 15.4 Å². The molecule has 7 nitrogen and oxygen atoms in total. The third-order valence-electron chi connectivity index (χ3n) is 3.70. The second-order valence-electron chi connectivity index (χ2n) is 5.78. The van der Waals surface area contributed by atoms with Gasteiger partial charge in [-0.2, -0.15) is 0 Å². The Morgan fingerprint density at radius 3 is 2.43 bits per heavy atom. The quantitative estimate of drug-likeness (QED) is 0.213. The zero-order valence-electron chi connectivity index (χ0n) is 14.5. The number of sulfonamides is 1. The van der Waals surface area contributed by atoms with Gasteiger partial charge in [0.25, 0.3) is 0 Å². The number of halogens is 1. The van der Waals surface area contributed by atoms with E-state index in [2.05, 4.69) is 32.2 Å². The van der Waals surface area contributed by atoms with Gasteiger partial charge in [0.15, 0.2) is 5.96 Å². The van der Waals surface area contributed by atoms with Gasteiger partial charge in [-0.15, -0.1) is 24.0 Å². The van der Waals surface area contributed by atoms with Gasteiger partial charge in [0.05, 0.1) is 6.26 Å². The van der Waals surface area contributed by atoms with Crippen molar-refractivity contribution in [2.75, 3.05) is 46.0 Å². The zero-order valence-corrected chi connectivity index (χ0v) is 17.6. The van der Waals surface area contributed by atoms with Crippen LogP contribution in [0.1, 0.15) is 32.6 Å². The Bertz CT molecular complexity index is 436. The summed E-state index contributed by atoms with van der Waals surface area (Å²) in [5, 5.41) is 6.68. The first kappa shape index (κ1) is 22.9. The topological polar surface area (TPSA) is 85.8 Å². The molecular formula is C14H32IN5O2S. The fraction of sp³-hybridized carbons (Fsp3) is 0.929. The Hall–Kier alpha value is -0.130. The van der Waals surface area contributed by atoms with Crippen molar-refractivity contribution in [2.45, 2.75) is 38.6 Å². The largest absolute Gasteiger partial charge is 0.356 e. The minimum absolute atomic E-state index is 0. The number of likely N-dealkylation sites (tertiary alicyclic amines) is 1. The molecule has 0 radical (unpaired) electrons. The molecule has 1 aliphatic rings. The lowest BCUT2D eigenvalue weighted by Crippen LogP contribution is -2.49. The highest BCUT2D eigenvalue weighted by atomic mass is 127. The van der Waals surface area contributed by atoms with Gasteiger partial charge in [-0.05, 0) is 32.2 Å². The van der Waals surface area contributed by atoms with Gasteiger partial charge >= 0.3 is 0 Å². The van der Waals surface area contributed by atoms with Crippen LogP contribution in [0.4, 0.5) is 0 Å². The summed E-state index contributed by atoms with van der Waals surface area (Å²) in [6, 6.07) is 0.466. The Morgan fingerprint density at radius 2 is 1.91 bits per heavy atom. The maximum atomic E-state index is 10.9. The molecule has 1 fully saturated rings. The third kappa shape index (κ3) is 11.1. The van der Waals surface area contributed by atoms with Crippen LogP contribution in [0.25, 0.3) is 0 Å². The SMILES string of the molecule is CCCN1CCC(NC(=NC)NCCCNS(C)(=O)=O)CC1.I. The van der Waals surface area contributed by atoms with Crippen molar-refractivity contribution >= 4 is 40.0 Å². The molecule has 0 aromatic carbocycles. The third-order valence-corrected chi connectivity index (χ3v) is 4.43. The van der Waals surface area contributed by atoms with Crippen LogP contribution in [0, 0.1) is 0 Å². The molecule has 23 heavy (non-hydrogen) atoms. The van der Waals surface area contributed by atoms with E-state index in [1.807, 2.05) is 0 Å². The van der Waals surface area contributed by atoms with Gasteiger partial charge in [-0.3, -0.25) is 4.99 Å². The Kier molecular flexibility index (Phi) is 12.2. The van der Waals surface area contributed by atoms with E-state index < -0.39 is 10.0 Å². The Balaban J connectivity index is 0.00000484. The maximum Gasteiger partial charge on any atom is 0.208 e. The summed E-state index contributed by atoms with van der Waals surface area (Å²) in [7, 11) is -1.33. The number of nitrogens with zero attached hydrogens (tertiary/aromatic N) is 2. The predicted octanol–water partition coefficient (Wildman–Crippen LogP) is 0.583. The number of guanidine groups is 1. The molecule has 9 heteroatoms. The van der Waals surface area contributed by atoms with E-state index in [9.17, 15) is 8.42 Å². The lowest BCUT2D eigenvalue weighted by Gasteiger charge is -2.32. The number of nitrogens with one attached hydrogen (secondary N) is 3. The number of rotatable bonds is 8. The molecule has 0 bridgehead atoms. The standard InChI is InChI=1S/C14H31N5O2S.HI/c1-4-10-19-11-6-13(7-12-19)18-14(15-2)16-8-5-9-17-22(3,20)21;/h13,17H,4-12H2,1-3H3,(H2,15,16,18);1H. The van der Waals surface area contributed by atoms with Crippen molar-refractivity contribution in [3.8, 4) is 0 Å². The summed E-state index contributed by atoms with van der Waals surface area (Å²) < 4.78 is 24.4. The van der Waals surface area contributed by atoms with Crippen molar-refractivity contribution in [1.29, 1.82) is 0 Å². The molecule has 1 aliphatic heterocycles. The molecule has 1 saturated heterocycles. The van der Waals surface area contributed by atoms with Crippen LogP contribution >= 0.6 is 24.0 Å². The fourth-order valence-corrected chi connectivity index (χ4v) is 3.07. The van der Waals surface area contributed by atoms with Gasteiger partial charge < -0.3 is 15.5 Å². The predicted molar refractivity (Wildman–Crippen MR) is 107 cm³/mol. The van der Waals surface area contributed by atoms with E-state index in [-0.39, 0.29) is 24.0 Å². The van der Waals surface area contributed by atoms with E-state index in [0.717, 1.165) is 38.3 Å². The summed E-state index contributed by atoms with van der Waals surface area (Å²) in [4.78, 5) is 6.73. The summed E-state index contributed by atoms with van der Waals surface area (Å²) in [6.45, 7) is 6.82. The summed E-state index contributed by atoms with van der Waals surface area (Å²) >= 11 is 0. The number of aliphatic imine (C=N–C) groups is 1. The second kappa shape index (κ2) is 12.3. The number of hydrogen-bond donors (Lipinski definition) is 3. The maximum absolute atomic E-state index is 10.9. The van der Waals surface area contributed by atoms with Crippen molar-refractivity contribution in [2.24, 2.45) is 4.99 Å².